The van der Waals surface area contributed by atoms with Gasteiger partial charge in [-0.15, -0.1) is 11.8 Å². The van der Waals surface area contributed by atoms with E-state index in [4.69, 9.17) is 11.6 Å². The second kappa shape index (κ2) is 8.77. The van der Waals surface area contributed by atoms with Crippen molar-refractivity contribution in [3.05, 3.63) is 94.5 Å². The summed E-state index contributed by atoms with van der Waals surface area (Å²) in [5.41, 5.74) is 2.12. The minimum absolute atomic E-state index is 0.163. The van der Waals surface area contributed by atoms with Gasteiger partial charge in [0, 0.05) is 34.1 Å². The van der Waals surface area contributed by atoms with Crippen LogP contribution in [0.15, 0.2) is 77.7 Å². The van der Waals surface area contributed by atoms with Gasteiger partial charge in [-0.25, -0.2) is 0 Å². The molecular weight excluding hydrogens is 428 g/mol. The van der Waals surface area contributed by atoms with E-state index in [0.717, 1.165) is 21.7 Å². The van der Waals surface area contributed by atoms with Gasteiger partial charge >= 0.3 is 0 Å². The van der Waals surface area contributed by atoms with Gasteiger partial charge in [-0.2, -0.15) is 0 Å². The Hall–Kier alpha value is -2.76. The number of carbonyl (C=O) groups is 2. The van der Waals surface area contributed by atoms with Crippen LogP contribution in [0.4, 0.5) is 5.69 Å². The minimum Gasteiger partial charge on any atom is -0.350 e. The Labute approximate surface area is 191 Å². The molecule has 0 fully saturated rings. The first kappa shape index (κ1) is 21.5. The smallest absolute Gasteiger partial charge is 0.259 e. The fourth-order valence-electron chi connectivity index (χ4n) is 3.99. The van der Waals surface area contributed by atoms with E-state index in [1.165, 1.54) is 0 Å². The van der Waals surface area contributed by atoms with Crippen molar-refractivity contribution in [3.63, 3.8) is 0 Å². The first-order chi connectivity index (χ1) is 14.9. The van der Waals surface area contributed by atoms with Gasteiger partial charge < -0.3 is 5.32 Å². The first-order valence-electron chi connectivity index (χ1n) is 10.0. The van der Waals surface area contributed by atoms with Crippen LogP contribution < -0.4 is 10.2 Å². The lowest BCUT2D eigenvalue weighted by Crippen LogP contribution is -2.63. The van der Waals surface area contributed by atoms with Crippen molar-refractivity contribution in [2.45, 2.75) is 30.3 Å². The number of amides is 2. The normalized spacial score (nSPS) is 17.9. The number of nitrogens with zero attached hydrogens (tertiary/aromatic N) is 1. The van der Waals surface area contributed by atoms with E-state index in [0.29, 0.717) is 23.6 Å². The molecule has 1 heterocycles. The van der Waals surface area contributed by atoms with Crippen molar-refractivity contribution in [2.75, 3.05) is 11.2 Å². The summed E-state index contributed by atoms with van der Waals surface area (Å²) in [6.45, 7) is 2.20. The summed E-state index contributed by atoms with van der Waals surface area (Å²) < 4.78 is 0. The summed E-state index contributed by atoms with van der Waals surface area (Å²) in [5, 5.41) is 3.68. The number of carbonyl (C=O) groups excluding carboxylic acids is 2. The topological polar surface area (TPSA) is 49.4 Å². The SMILES string of the molecule is CSc1cccc(N2C(=O)c3ccccc3C[C@]2(C)C(=O)NCc2ccc(Cl)cc2)c1. The molecule has 2 amide bonds. The number of hydrogen-bond acceptors (Lipinski definition) is 3. The van der Waals surface area contributed by atoms with Crippen molar-refractivity contribution < 1.29 is 9.59 Å². The summed E-state index contributed by atoms with van der Waals surface area (Å²) in [6, 6.07) is 22.6. The third-order valence-corrected chi connectivity index (χ3v) is 6.62. The van der Waals surface area contributed by atoms with Crippen LogP contribution in [-0.4, -0.2) is 23.6 Å². The molecule has 0 saturated heterocycles. The molecule has 3 aromatic carbocycles. The minimum atomic E-state index is -1.06. The fourth-order valence-corrected chi connectivity index (χ4v) is 4.57. The van der Waals surface area contributed by atoms with Gasteiger partial charge in [0.15, 0.2) is 0 Å². The van der Waals surface area contributed by atoms with Crippen molar-refractivity contribution in [3.8, 4) is 0 Å². The van der Waals surface area contributed by atoms with E-state index >= 15 is 0 Å². The Bertz CT molecular complexity index is 1130. The molecule has 4 nitrogen and oxygen atoms in total. The van der Waals surface area contributed by atoms with Crippen molar-refractivity contribution >= 4 is 40.9 Å². The lowest BCUT2D eigenvalue weighted by atomic mass is 9.82. The van der Waals surface area contributed by atoms with Crippen molar-refractivity contribution in [2.24, 2.45) is 0 Å². The average molecular weight is 451 g/mol. The Morgan fingerprint density at radius 3 is 2.58 bits per heavy atom. The molecular formula is C25H23ClN2O2S. The Morgan fingerprint density at radius 2 is 1.84 bits per heavy atom. The maximum atomic E-state index is 13.6. The molecule has 1 aliphatic heterocycles. The maximum absolute atomic E-state index is 13.6. The van der Waals surface area contributed by atoms with E-state index < -0.39 is 5.54 Å². The molecule has 0 saturated carbocycles. The number of anilines is 1. The molecule has 0 radical (unpaired) electrons. The predicted molar refractivity (Wildman–Crippen MR) is 127 cm³/mol. The highest BCUT2D eigenvalue weighted by atomic mass is 35.5. The molecule has 0 spiro atoms. The molecule has 1 N–H and O–H groups in total. The molecule has 0 aliphatic carbocycles. The number of halogens is 1. The number of rotatable bonds is 5. The number of benzene rings is 3. The monoisotopic (exact) mass is 450 g/mol. The molecule has 6 heteroatoms. The Morgan fingerprint density at radius 1 is 1.10 bits per heavy atom. The van der Waals surface area contributed by atoms with Gasteiger partial charge in [0.05, 0.1) is 0 Å². The van der Waals surface area contributed by atoms with E-state index in [-0.39, 0.29) is 11.8 Å². The standard InChI is InChI=1S/C25H23ClN2O2S/c1-25(24(30)27-16-17-10-12-19(26)13-11-17)15-18-6-3-4-9-22(18)23(29)28(25)20-7-5-8-21(14-20)31-2/h3-14H,15-16H2,1-2H3,(H,27,30)/t25-/m1/s1. The second-order valence-corrected chi connectivity index (χ2v) is 9.08. The molecule has 4 rings (SSSR count). The van der Waals surface area contributed by atoms with Crippen LogP contribution in [0.1, 0.15) is 28.4 Å². The zero-order valence-electron chi connectivity index (χ0n) is 17.4. The summed E-state index contributed by atoms with van der Waals surface area (Å²) in [5.74, 6) is -0.357. The quantitative estimate of drug-likeness (QED) is 0.534. The molecule has 1 aliphatic rings. The summed E-state index contributed by atoms with van der Waals surface area (Å²) in [7, 11) is 0. The van der Waals surface area contributed by atoms with Crippen LogP contribution in [0.5, 0.6) is 0 Å². The first-order valence-corrected chi connectivity index (χ1v) is 11.6. The third kappa shape index (κ3) is 4.21. The summed E-state index contributed by atoms with van der Waals surface area (Å²) in [4.78, 5) is 29.8. The largest absolute Gasteiger partial charge is 0.350 e. The lowest BCUT2D eigenvalue weighted by molar-refractivity contribution is -0.126. The zero-order chi connectivity index (χ0) is 22.0. The third-order valence-electron chi connectivity index (χ3n) is 5.65. The molecule has 0 aromatic heterocycles. The van der Waals surface area contributed by atoms with Gasteiger partial charge in [-0.05, 0) is 60.7 Å². The van der Waals surface area contributed by atoms with Gasteiger partial charge in [0.2, 0.25) is 5.91 Å². The Kier molecular flexibility index (Phi) is 6.08. The number of nitrogens with one attached hydrogen (secondary N) is 1. The average Bonchev–Trinajstić information content (AvgIpc) is 2.78. The van der Waals surface area contributed by atoms with Crippen molar-refractivity contribution in [1.82, 2.24) is 5.32 Å². The van der Waals surface area contributed by atoms with Gasteiger partial charge in [-0.1, -0.05) is 48.0 Å². The molecule has 31 heavy (non-hydrogen) atoms. The van der Waals surface area contributed by atoms with Crippen LogP contribution in [0.2, 0.25) is 5.02 Å². The maximum Gasteiger partial charge on any atom is 0.259 e. The van der Waals surface area contributed by atoms with Crippen LogP contribution in [0, 0.1) is 0 Å². The van der Waals surface area contributed by atoms with Crippen LogP contribution in [-0.2, 0) is 17.8 Å². The number of hydrogen-bond donors (Lipinski definition) is 1. The molecule has 0 unspecified atom stereocenters. The van der Waals surface area contributed by atoms with Crippen LogP contribution in [0.3, 0.4) is 0 Å². The highest BCUT2D eigenvalue weighted by molar-refractivity contribution is 7.98. The number of fused-ring (bicyclic) bond motifs is 1. The van der Waals surface area contributed by atoms with Gasteiger partial charge in [-0.3, -0.25) is 14.5 Å². The highest BCUT2D eigenvalue weighted by Gasteiger charge is 2.47. The fraction of sp³-hybridized carbons (Fsp3) is 0.200. The molecule has 3 aromatic rings. The zero-order valence-corrected chi connectivity index (χ0v) is 19.0. The predicted octanol–water partition coefficient (Wildman–Crippen LogP) is 5.34. The Balaban J connectivity index is 1.71. The molecule has 1 atom stereocenters. The van der Waals surface area contributed by atoms with Crippen molar-refractivity contribution in [1.29, 1.82) is 0 Å². The lowest BCUT2D eigenvalue weighted by Gasteiger charge is -2.44. The van der Waals surface area contributed by atoms with E-state index in [2.05, 4.69) is 5.32 Å². The number of thioether (sulfide) groups is 1. The van der Waals surface area contributed by atoms with Gasteiger partial charge in [0.1, 0.15) is 5.54 Å². The van der Waals surface area contributed by atoms with E-state index in [1.807, 2.05) is 73.8 Å². The van der Waals surface area contributed by atoms with Gasteiger partial charge in [0.25, 0.3) is 5.91 Å². The second-order valence-electron chi connectivity index (χ2n) is 7.76. The van der Waals surface area contributed by atoms with Crippen LogP contribution in [0.25, 0.3) is 0 Å². The highest BCUT2D eigenvalue weighted by Crippen LogP contribution is 2.36. The molecule has 158 valence electrons. The summed E-state index contributed by atoms with van der Waals surface area (Å²) >= 11 is 7.56. The summed E-state index contributed by atoms with van der Waals surface area (Å²) in [6.07, 6.45) is 2.43. The van der Waals surface area contributed by atoms with E-state index in [9.17, 15) is 9.59 Å². The van der Waals surface area contributed by atoms with E-state index in [1.54, 1.807) is 28.8 Å². The van der Waals surface area contributed by atoms with Crippen LogP contribution >= 0.6 is 23.4 Å². The molecule has 0 bridgehead atoms.